The number of nitrogens with zero attached hydrogens (tertiary/aromatic N) is 4. The van der Waals surface area contributed by atoms with Gasteiger partial charge in [0.15, 0.2) is 0 Å². The molecule has 3 aromatic rings. The smallest absolute Gasteiger partial charge is 0.267 e. The van der Waals surface area contributed by atoms with Crippen molar-refractivity contribution in [2.75, 3.05) is 18.5 Å². The van der Waals surface area contributed by atoms with E-state index in [4.69, 9.17) is 17.2 Å². The summed E-state index contributed by atoms with van der Waals surface area (Å²) >= 11 is 6.68. The van der Waals surface area contributed by atoms with E-state index < -0.39 is 0 Å². The summed E-state index contributed by atoms with van der Waals surface area (Å²) in [6, 6.07) is 13.8. The van der Waals surface area contributed by atoms with E-state index in [1.807, 2.05) is 75.2 Å². The number of hydrogen-bond donors (Lipinski definition) is 0. The number of carbonyl (C=O) groups is 1. The minimum absolute atomic E-state index is 0.163. The highest BCUT2D eigenvalue weighted by molar-refractivity contribution is 8.26. The van der Waals surface area contributed by atoms with Crippen molar-refractivity contribution in [2.45, 2.75) is 27.3 Å². The van der Waals surface area contributed by atoms with Gasteiger partial charge in [-0.05, 0) is 36.1 Å². The summed E-state index contributed by atoms with van der Waals surface area (Å²) in [5.74, 6) is 0.659. The van der Waals surface area contributed by atoms with Crippen molar-refractivity contribution in [1.29, 1.82) is 0 Å². The Kier molecular flexibility index (Phi) is 6.67. The number of rotatable bonds is 6. The Balaban J connectivity index is 1.84. The summed E-state index contributed by atoms with van der Waals surface area (Å²) in [4.78, 5) is 35.5. The molecule has 170 valence electrons. The van der Waals surface area contributed by atoms with Gasteiger partial charge in [-0.25, -0.2) is 4.98 Å². The Morgan fingerprint density at radius 2 is 1.88 bits per heavy atom. The lowest BCUT2D eigenvalue weighted by Gasteiger charge is -2.21. The summed E-state index contributed by atoms with van der Waals surface area (Å²) in [5.41, 5.74) is 2.76. The van der Waals surface area contributed by atoms with E-state index in [-0.39, 0.29) is 17.4 Å². The summed E-state index contributed by atoms with van der Waals surface area (Å²) in [7, 11) is 1.91. The van der Waals surface area contributed by atoms with E-state index >= 15 is 0 Å². The molecule has 3 heterocycles. The number of hydrogen-bond acceptors (Lipinski definition) is 6. The predicted molar refractivity (Wildman–Crippen MR) is 139 cm³/mol. The molecule has 0 radical (unpaired) electrons. The van der Waals surface area contributed by atoms with Gasteiger partial charge >= 0.3 is 0 Å². The highest BCUT2D eigenvalue weighted by Crippen LogP contribution is 2.34. The molecule has 0 bridgehead atoms. The number of anilines is 1. The van der Waals surface area contributed by atoms with E-state index in [0.717, 1.165) is 11.1 Å². The van der Waals surface area contributed by atoms with Gasteiger partial charge in [-0.3, -0.25) is 18.9 Å². The van der Waals surface area contributed by atoms with Gasteiger partial charge in [0.05, 0.1) is 10.5 Å². The first-order valence-corrected chi connectivity index (χ1v) is 12.0. The standard InChI is InChI=1S/C25H26N4O2S2/c1-16(2)14-29-24(31)20(33-25(29)32)13-19-22(27(4)15-18-10-6-5-7-11-18)26-21-17(3)9-8-12-28(21)23(19)30/h5-13,16H,14-15H2,1-4H3. The number of thiocarbonyl (C=S) groups is 1. The molecule has 1 aliphatic heterocycles. The van der Waals surface area contributed by atoms with Crippen LogP contribution in [0.3, 0.4) is 0 Å². The lowest BCUT2D eigenvalue weighted by atomic mass is 10.2. The van der Waals surface area contributed by atoms with Crippen LogP contribution in [0, 0.1) is 12.8 Å². The van der Waals surface area contributed by atoms with E-state index in [1.54, 1.807) is 17.2 Å². The summed E-state index contributed by atoms with van der Waals surface area (Å²) < 4.78 is 2.06. The van der Waals surface area contributed by atoms with Gasteiger partial charge in [-0.15, -0.1) is 0 Å². The molecule has 1 aliphatic rings. The second-order valence-electron chi connectivity index (χ2n) is 8.57. The van der Waals surface area contributed by atoms with Crippen LogP contribution in [0.25, 0.3) is 11.7 Å². The molecule has 1 aromatic carbocycles. The molecule has 6 nitrogen and oxygen atoms in total. The van der Waals surface area contributed by atoms with Gasteiger partial charge < -0.3 is 4.90 Å². The van der Waals surface area contributed by atoms with Crippen molar-refractivity contribution >= 4 is 51.7 Å². The average molecular weight is 479 g/mol. The van der Waals surface area contributed by atoms with Gasteiger partial charge in [0.25, 0.3) is 11.5 Å². The van der Waals surface area contributed by atoms with Crippen LogP contribution in [-0.2, 0) is 11.3 Å². The maximum absolute atomic E-state index is 13.6. The van der Waals surface area contributed by atoms with Crippen molar-refractivity contribution in [2.24, 2.45) is 5.92 Å². The quantitative estimate of drug-likeness (QED) is 0.384. The molecule has 4 rings (SSSR count). The van der Waals surface area contributed by atoms with Crippen LogP contribution < -0.4 is 10.5 Å². The van der Waals surface area contributed by atoms with Gasteiger partial charge in [-0.2, -0.15) is 0 Å². The molecule has 1 fully saturated rings. The molecule has 33 heavy (non-hydrogen) atoms. The number of thioether (sulfide) groups is 1. The largest absolute Gasteiger partial charge is 0.355 e. The zero-order chi connectivity index (χ0) is 23.7. The minimum atomic E-state index is -0.215. The molecule has 0 aliphatic carbocycles. The van der Waals surface area contributed by atoms with Crippen molar-refractivity contribution < 1.29 is 4.79 Å². The summed E-state index contributed by atoms with van der Waals surface area (Å²) in [5, 5.41) is 0. The van der Waals surface area contributed by atoms with E-state index in [0.29, 0.717) is 39.3 Å². The van der Waals surface area contributed by atoms with E-state index in [1.165, 1.54) is 16.2 Å². The Morgan fingerprint density at radius 3 is 2.58 bits per heavy atom. The lowest BCUT2D eigenvalue weighted by molar-refractivity contribution is -0.122. The number of aryl methyl sites for hydroxylation is 1. The van der Waals surface area contributed by atoms with Crippen LogP contribution >= 0.6 is 24.0 Å². The number of pyridine rings is 1. The first-order valence-electron chi connectivity index (χ1n) is 10.8. The van der Waals surface area contributed by atoms with Crippen molar-refractivity contribution in [3.8, 4) is 0 Å². The van der Waals surface area contributed by atoms with Crippen LogP contribution in [0.15, 0.2) is 58.4 Å². The fourth-order valence-corrected chi connectivity index (χ4v) is 5.06. The maximum Gasteiger partial charge on any atom is 0.267 e. The second-order valence-corrected chi connectivity index (χ2v) is 10.2. The number of aromatic nitrogens is 2. The van der Waals surface area contributed by atoms with Gasteiger partial charge in [0.2, 0.25) is 0 Å². The minimum Gasteiger partial charge on any atom is -0.355 e. The zero-order valence-corrected chi connectivity index (χ0v) is 20.7. The SMILES string of the molecule is Cc1cccn2c(=O)c(C=C3SC(=S)N(CC(C)C)C3=O)c(N(C)Cc3ccccc3)nc12. The Labute approximate surface area is 202 Å². The van der Waals surface area contributed by atoms with Gasteiger partial charge in [0, 0.05) is 26.3 Å². The first-order chi connectivity index (χ1) is 15.8. The van der Waals surface area contributed by atoms with Crippen molar-refractivity contribution in [1.82, 2.24) is 14.3 Å². The molecule has 1 amide bonds. The third-order valence-corrected chi connectivity index (χ3v) is 6.76. The van der Waals surface area contributed by atoms with Crippen molar-refractivity contribution in [3.05, 3.63) is 80.6 Å². The van der Waals surface area contributed by atoms with Crippen LogP contribution in [0.1, 0.15) is 30.5 Å². The molecular weight excluding hydrogens is 452 g/mol. The molecule has 2 aromatic heterocycles. The van der Waals surface area contributed by atoms with Crippen LogP contribution in [-0.4, -0.2) is 38.1 Å². The third-order valence-electron chi connectivity index (χ3n) is 5.39. The average Bonchev–Trinajstić information content (AvgIpc) is 3.03. The number of carbonyl (C=O) groups excluding carboxylic acids is 1. The monoisotopic (exact) mass is 478 g/mol. The highest BCUT2D eigenvalue weighted by Gasteiger charge is 2.33. The lowest BCUT2D eigenvalue weighted by Crippen LogP contribution is -2.31. The van der Waals surface area contributed by atoms with Crippen LogP contribution in [0.4, 0.5) is 5.82 Å². The molecule has 0 N–H and O–H groups in total. The topological polar surface area (TPSA) is 57.9 Å². The second kappa shape index (κ2) is 9.49. The third kappa shape index (κ3) is 4.72. The van der Waals surface area contributed by atoms with Gasteiger partial charge in [-0.1, -0.05) is 74.2 Å². The molecule has 0 saturated carbocycles. The van der Waals surface area contributed by atoms with Gasteiger partial charge in [0.1, 0.15) is 15.8 Å². The van der Waals surface area contributed by atoms with Crippen molar-refractivity contribution in [3.63, 3.8) is 0 Å². The molecule has 0 spiro atoms. The predicted octanol–water partition coefficient (Wildman–Crippen LogP) is 4.50. The maximum atomic E-state index is 13.6. The molecule has 0 unspecified atom stereocenters. The van der Waals surface area contributed by atoms with E-state index in [2.05, 4.69) is 0 Å². The molecule has 8 heteroatoms. The molecule has 0 atom stereocenters. The summed E-state index contributed by atoms with van der Waals surface area (Å²) in [6.07, 6.45) is 3.36. The van der Waals surface area contributed by atoms with E-state index in [9.17, 15) is 9.59 Å². The Morgan fingerprint density at radius 1 is 1.15 bits per heavy atom. The number of fused-ring (bicyclic) bond motifs is 1. The first kappa shape index (κ1) is 23.2. The summed E-state index contributed by atoms with van der Waals surface area (Å²) in [6.45, 7) is 7.14. The van der Waals surface area contributed by atoms with Crippen LogP contribution in [0.5, 0.6) is 0 Å². The number of benzene rings is 1. The molecular formula is C25H26N4O2S2. The normalized spacial score (nSPS) is 15.3. The number of amides is 1. The Bertz CT molecular complexity index is 1320. The highest BCUT2D eigenvalue weighted by atomic mass is 32.2. The van der Waals surface area contributed by atoms with Crippen LogP contribution in [0.2, 0.25) is 0 Å². The Hall–Kier alpha value is -2.97. The fraction of sp³-hybridized carbons (Fsp3) is 0.280. The zero-order valence-electron chi connectivity index (χ0n) is 19.1. The molecule has 1 saturated heterocycles. The fourth-order valence-electron chi connectivity index (χ4n) is 3.80.